The van der Waals surface area contributed by atoms with E-state index in [-0.39, 0.29) is 17.9 Å². The van der Waals surface area contributed by atoms with Gasteiger partial charge in [0.2, 0.25) is 11.8 Å². The highest BCUT2D eigenvalue weighted by molar-refractivity contribution is 6.13. The lowest BCUT2D eigenvalue weighted by Gasteiger charge is -2.32. The lowest BCUT2D eigenvalue weighted by molar-refractivity contribution is -0.126. The van der Waals surface area contributed by atoms with Gasteiger partial charge in [-0.15, -0.1) is 0 Å². The topological polar surface area (TPSA) is 58.2 Å². The fourth-order valence-corrected chi connectivity index (χ4v) is 7.88. The molecule has 0 aromatic heterocycles. The Morgan fingerprint density at radius 2 is 1.82 bits per heavy atom. The number of carbonyl (C=O) groups is 2. The van der Waals surface area contributed by atoms with Gasteiger partial charge in [0.05, 0.1) is 22.9 Å². The molecule has 2 aliphatic carbocycles. The number of benzene rings is 3. The number of nitrogens with zero attached hydrogens (tertiary/aromatic N) is 1. The summed E-state index contributed by atoms with van der Waals surface area (Å²) in [5, 5.41) is 6.42. The van der Waals surface area contributed by atoms with Crippen LogP contribution in [0.4, 0.5) is 17.1 Å². The molecular formula is C29H26N3O2+. The zero-order valence-electron chi connectivity index (χ0n) is 19.1. The van der Waals surface area contributed by atoms with Gasteiger partial charge in [-0.1, -0.05) is 30.3 Å². The molecule has 2 N–H and O–H groups in total. The average molecular weight is 449 g/mol. The van der Waals surface area contributed by atoms with Crippen LogP contribution in [-0.4, -0.2) is 24.4 Å². The normalized spacial score (nSPS) is 33.3. The van der Waals surface area contributed by atoms with E-state index in [0.717, 1.165) is 47.1 Å². The van der Waals surface area contributed by atoms with E-state index in [1.807, 2.05) is 0 Å². The second-order valence-electron chi connectivity index (χ2n) is 10.8. The van der Waals surface area contributed by atoms with E-state index in [1.165, 1.54) is 28.1 Å². The minimum Gasteiger partial charge on any atom is -0.377 e. The Kier molecular flexibility index (Phi) is 3.32. The van der Waals surface area contributed by atoms with Gasteiger partial charge >= 0.3 is 0 Å². The first-order valence-electron chi connectivity index (χ1n) is 12.4. The van der Waals surface area contributed by atoms with Crippen LogP contribution < -0.4 is 15.1 Å². The highest BCUT2D eigenvalue weighted by Gasteiger charge is 2.65. The average Bonchev–Trinajstić information content (AvgIpc) is 3.21. The maximum atomic E-state index is 13.2. The number of rotatable bonds is 2. The van der Waals surface area contributed by atoms with Crippen molar-refractivity contribution in [1.82, 2.24) is 9.80 Å². The summed E-state index contributed by atoms with van der Waals surface area (Å²) in [4.78, 5) is 26.3. The van der Waals surface area contributed by atoms with Crippen LogP contribution in [0.1, 0.15) is 42.5 Å². The molecule has 5 atom stereocenters. The van der Waals surface area contributed by atoms with Crippen molar-refractivity contribution < 1.29 is 9.59 Å². The van der Waals surface area contributed by atoms with Crippen LogP contribution in [0.15, 0.2) is 60.7 Å². The molecule has 5 unspecified atom stereocenters. The van der Waals surface area contributed by atoms with Crippen molar-refractivity contribution in [3.05, 3.63) is 77.4 Å². The number of imide groups is 1. The zero-order chi connectivity index (χ0) is 22.8. The van der Waals surface area contributed by atoms with Crippen molar-refractivity contribution in [2.75, 3.05) is 11.9 Å². The Morgan fingerprint density at radius 3 is 2.68 bits per heavy atom. The van der Waals surface area contributed by atoms with Crippen molar-refractivity contribution >= 4 is 28.9 Å². The zero-order valence-corrected chi connectivity index (χ0v) is 19.1. The van der Waals surface area contributed by atoms with E-state index in [9.17, 15) is 9.59 Å². The maximum absolute atomic E-state index is 13.2. The molecule has 3 aromatic carbocycles. The van der Waals surface area contributed by atoms with Crippen molar-refractivity contribution in [3.8, 4) is 11.1 Å². The van der Waals surface area contributed by atoms with E-state index >= 15 is 0 Å². The highest BCUT2D eigenvalue weighted by atomic mass is 16.2. The molecule has 0 bridgehead atoms. The number of hydrogen-bond donors (Lipinski definition) is 2. The Hall–Kier alpha value is -3.44. The first-order chi connectivity index (χ1) is 16.6. The van der Waals surface area contributed by atoms with Gasteiger partial charge in [-0.25, -0.2) is 4.48 Å². The SMILES string of the molecule is CC1C[N+]12c1ccccc1-c1cc(NC3c4cccc5c4C4(CCC5)C(=O)NC(=O)C34)ccc12. The van der Waals surface area contributed by atoms with Crippen LogP contribution in [0, 0.1) is 5.92 Å². The van der Waals surface area contributed by atoms with E-state index in [4.69, 9.17) is 0 Å². The van der Waals surface area contributed by atoms with Gasteiger partial charge in [0.15, 0.2) is 0 Å². The van der Waals surface area contributed by atoms with Crippen LogP contribution in [0.25, 0.3) is 11.1 Å². The summed E-state index contributed by atoms with van der Waals surface area (Å²) >= 11 is 0. The molecule has 3 aromatic rings. The number of nitrogens with one attached hydrogen (secondary N) is 2. The van der Waals surface area contributed by atoms with Gasteiger partial charge in [-0.3, -0.25) is 14.9 Å². The number of carbonyl (C=O) groups excluding carboxylic acids is 2. The van der Waals surface area contributed by atoms with Gasteiger partial charge in [-0.2, -0.15) is 0 Å². The quantitative estimate of drug-likeness (QED) is 0.339. The van der Waals surface area contributed by atoms with Gasteiger partial charge in [-0.05, 0) is 61.1 Å². The molecule has 5 nitrogen and oxygen atoms in total. The van der Waals surface area contributed by atoms with E-state index < -0.39 is 11.3 Å². The summed E-state index contributed by atoms with van der Waals surface area (Å²) in [7, 11) is 0. The van der Waals surface area contributed by atoms with E-state index in [1.54, 1.807) is 0 Å². The summed E-state index contributed by atoms with van der Waals surface area (Å²) in [5.74, 6) is -0.645. The molecule has 2 saturated heterocycles. The maximum Gasteiger partial charge on any atom is 0.238 e. The van der Waals surface area contributed by atoms with Crippen LogP contribution in [0.3, 0.4) is 0 Å². The summed E-state index contributed by atoms with van der Waals surface area (Å²) in [6.07, 6.45) is 2.65. The molecule has 5 aliphatic rings. The van der Waals surface area contributed by atoms with Crippen LogP contribution in [0.5, 0.6) is 0 Å². The largest absolute Gasteiger partial charge is 0.377 e. The number of quaternary nitrogens is 1. The van der Waals surface area contributed by atoms with Gasteiger partial charge in [0, 0.05) is 23.4 Å². The summed E-state index contributed by atoms with van der Waals surface area (Å²) in [6.45, 7) is 3.46. The number of para-hydroxylation sites is 1. The molecule has 2 spiro atoms. The summed E-state index contributed by atoms with van der Waals surface area (Å²) < 4.78 is 0.948. The minimum atomic E-state index is -0.716. The lowest BCUT2D eigenvalue weighted by Crippen LogP contribution is -2.40. The standard InChI is InChI=1S/C29H25N3O2/c1-16-15-32(16)22-10-3-2-8-19(22)21-14-18(11-12-23(21)32)30-26-20-9-4-6-17-7-5-13-29(24(17)20)25(26)27(33)31-28(29)34/h2-4,6,8-12,14,16,25-26,30H,5,7,13,15H2,1H3/p+1. The fraction of sp³-hybridized carbons (Fsp3) is 0.310. The number of amides is 2. The molecule has 8 rings (SSSR count). The molecular weight excluding hydrogens is 422 g/mol. The van der Waals surface area contributed by atoms with Crippen molar-refractivity contribution in [2.45, 2.75) is 43.7 Å². The second-order valence-corrected chi connectivity index (χ2v) is 10.8. The second kappa shape index (κ2) is 5.97. The molecule has 0 radical (unpaired) electrons. The van der Waals surface area contributed by atoms with E-state index in [2.05, 4.69) is 78.2 Å². The Bertz CT molecular complexity index is 1460. The molecule has 3 aliphatic heterocycles. The lowest BCUT2D eigenvalue weighted by atomic mass is 9.67. The molecule has 34 heavy (non-hydrogen) atoms. The Labute approximate surface area is 198 Å². The van der Waals surface area contributed by atoms with Gasteiger partial charge in [0.25, 0.3) is 0 Å². The van der Waals surface area contributed by atoms with Gasteiger partial charge < -0.3 is 5.32 Å². The van der Waals surface area contributed by atoms with Crippen LogP contribution in [-0.2, 0) is 21.4 Å². The Balaban J connectivity index is 1.26. The third-order valence-corrected chi connectivity index (χ3v) is 9.31. The smallest absolute Gasteiger partial charge is 0.238 e. The summed E-state index contributed by atoms with van der Waals surface area (Å²) in [6, 6.07) is 22.1. The van der Waals surface area contributed by atoms with Crippen molar-refractivity contribution in [2.24, 2.45) is 5.92 Å². The summed E-state index contributed by atoms with van der Waals surface area (Å²) in [5.41, 5.74) is 9.10. The van der Waals surface area contributed by atoms with Gasteiger partial charge in [0.1, 0.15) is 24.0 Å². The molecule has 168 valence electrons. The van der Waals surface area contributed by atoms with Crippen molar-refractivity contribution in [1.29, 1.82) is 0 Å². The first-order valence-corrected chi connectivity index (χ1v) is 12.4. The monoisotopic (exact) mass is 448 g/mol. The number of fused-ring (bicyclic) bond motifs is 5. The highest BCUT2D eigenvalue weighted by Crippen LogP contribution is 2.62. The predicted molar refractivity (Wildman–Crippen MR) is 132 cm³/mol. The third kappa shape index (κ3) is 1.98. The number of aryl methyl sites for hydroxylation is 1. The van der Waals surface area contributed by atoms with Crippen LogP contribution >= 0.6 is 0 Å². The number of hydrogen-bond acceptors (Lipinski definition) is 3. The molecule has 0 saturated carbocycles. The minimum absolute atomic E-state index is 0.106. The third-order valence-electron chi connectivity index (χ3n) is 9.31. The predicted octanol–water partition coefficient (Wildman–Crippen LogP) is 4.72. The fourth-order valence-electron chi connectivity index (χ4n) is 7.88. The molecule has 2 fully saturated rings. The van der Waals surface area contributed by atoms with Crippen molar-refractivity contribution in [3.63, 3.8) is 0 Å². The van der Waals surface area contributed by atoms with E-state index in [0.29, 0.717) is 6.04 Å². The molecule has 2 amide bonds. The first kappa shape index (κ1) is 18.9. The Morgan fingerprint density at radius 1 is 1.00 bits per heavy atom. The van der Waals surface area contributed by atoms with Crippen LogP contribution in [0.2, 0.25) is 0 Å². The molecule has 3 heterocycles. The number of anilines is 1. The molecule has 5 heteroatoms.